The molecule has 1 rings (SSSR count). The zero-order valence-corrected chi connectivity index (χ0v) is 11.3. The van der Waals surface area contributed by atoms with Crippen LogP contribution in [0.15, 0.2) is 22.2 Å². The van der Waals surface area contributed by atoms with E-state index < -0.39 is 5.97 Å². The minimum absolute atomic E-state index is 0.0434. The van der Waals surface area contributed by atoms with Crippen LogP contribution in [0.5, 0.6) is 11.5 Å². The van der Waals surface area contributed by atoms with Crippen molar-refractivity contribution in [2.45, 2.75) is 0 Å². The summed E-state index contributed by atoms with van der Waals surface area (Å²) in [5.74, 6) is -0.527. The standard InChI is InChI=1S/C12H10BrNO4/c1-17-11-4-7(9(13)5-10(11)15)3-8(6-14)12(16)18-2/h3-5,15H,1-2H3/b8-3-. The zero-order chi connectivity index (χ0) is 13.7. The first kappa shape index (κ1) is 14.1. The third-order valence-corrected chi connectivity index (χ3v) is 2.81. The highest BCUT2D eigenvalue weighted by molar-refractivity contribution is 9.10. The molecule has 0 bridgehead atoms. The second kappa shape index (κ2) is 6.07. The van der Waals surface area contributed by atoms with E-state index in [1.165, 1.54) is 32.4 Å². The van der Waals surface area contributed by atoms with E-state index in [1.54, 1.807) is 6.07 Å². The fourth-order valence-corrected chi connectivity index (χ4v) is 1.68. The third kappa shape index (κ3) is 3.02. The van der Waals surface area contributed by atoms with Gasteiger partial charge in [0.1, 0.15) is 11.6 Å². The van der Waals surface area contributed by atoms with Gasteiger partial charge in [-0.2, -0.15) is 5.26 Å². The number of esters is 1. The van der Waals surface area contributed by atoms with Crippen LogP contribution in [0, 0.1) is 11.3 Å². The SMILES string of the molecule is COC(=O)/C(C#N)=C\c1cc(OC)c(O)cc1Br. The number of hydrogen-bond donors (Lipinski definition) is 1. The van der Waals surface area contributed by atoms with Crippen molar-refractivity contribution in [3.63, 3.8) is 0 Å². The molecule has 1 aromatic carbocycles. The molecule has 1 aromatic rings. The number of phenolic OH excluding ortho intramolecular Hbond substituents is 1. The molecule has 6 heteroatoms. The Bertz CT molecular complexity index is 546. The van der Waals surface area contributed by atoms with Crippen LogP contribution >= 0.6 is 15.9 Å². The van der Waals surface area contributed by atoms with Crippen molar-refractivity contribution >= 4 is 28.0 Å². The van der Waals surface area contributed by atoms with E-state index >= 15 is 0 Å². The Kier molecular flexibility index (Phi) is 4.75. The van der Waals surface area contributed by atoms with Gasteiger partial charge in [0.05, 0.1) is 14.2 Å². The molecule has 18 heavy (non-hydrogen) atoms. The molecule has 0 aliphatic heterocycles. The van der Waals surface area contributed by atoms with E-state index in [2.05, 4.69) is 20.7 Å². The molecule has 0 saturated carbocycles. The highest BCUT2D eigenvalue weighted by atomic mass is 79.9. The lowest BCUT2D eigenvalue weighted by atomic mass is 10.1. The minimum Gasteiger partial charge on any atom is -0.504 e. The smallest absolute Gasteiger partial charge is 0.348 e. The maximum absolute atomic E-state index is 11.3. The van der Waals surface area contributed by atoms with E-state index in [1.807, 2.05) is 0 Å². The Morgan fingerprint density at radius 1 is 1.50 bits per heavy atom. The Morgan fingerprint density at radius 3 is 2.67 bits per heavy atom. The summed E-state index contributed by atoms with van der Waals surface area (Å²) in [6.07, 6.45) is 1.35. The first-order chi connectivity index (χ1) is 8.53. The largest absolute Gasteiger partial charge is 0.504 e. The maximum atomic E-state index is 11.3. The Morgan fingerprint density at radius 2 is 2.17 bits per heavy atom. The van der Waals surface area contributed by atoms with Crippen molar-refractivity contribution in [1.82, 2.24) is 0 Å². The van der Waals surface area contributed by atoms with Crippen molar-refractivity contribution < 1.29 is 19.4 Å². The lowest BCUT2D eigenvalue weighted by molar-refractivity contribution is -0.135. The van der Waals surface area contributed by atoms with Gasteiger partial charge in [-0.3, -0.25) is 0 Å². The number of phenols is 1. The van der Waals surface area contributed by atoms with Crippen molar-refractivity contribution in [2.24, 2.45) is 0 Å². The van der Waals surface area contributed by atoms with Gasteiger partial charge in [0.15, 0.2) is 11.5 Å². The molecule has 0 saturated heterocycles. The highest BCUT2D eigenvalue weighted by Crippen LogP contribution is 2.33. The molecular formula is C12H10BrNO4. The summed E-state index contributed by atoms with van der Waals surface area (Å²) in [5, 5.41) is 18.4. The Labute approximate surface area is 112 Å². The van der Waals surface area contributed by atoms with Gasteiger partial charge in [-0.1, -0.05) is 15.9 Å². The van der Waals surface area contributed by atoms with E-state index in [4.69, 9.17) is 10.00 Å². The van der Waals surface area contributed by atoms with Crippen LogP contribution in [-0.2, 0) is 9.53 Å². The third-order valence-electron chi connectivity index (χ3n) is 2.12. The monoisotopic (exact) mass is 311 g/mol. The number of benzene rings is 1. The molecule has 0 spiro atoms. The molecule has 94 valence electrons. The molecule has 0 aromatic heterocycles. The van der Waals surface area contributed by atoms with Gasteiger partial charge >= 0.3 is 5.97 Å². The number of carbonyl (C=O) groups excluding carboxylic acids is 1. The molecule has 5 nitrogen and oxygen atoms in total. The van der Waals surface area contributed by atoms with Gasteiger partial charge in [-0.15, -0.1) is 0 Å². The molecule has 0 amide bonds. The summed E-state index contributed by atoms with van der Waals surface area (Å²) in [4.78, 5) is 11.3. The number of nitriles is 1. The topological polar surface area (TPSA) is 79.6 Å². The van der Waals surface area contributed by atoms with Crippen molar-refractivity contribution in [3.05, 3.63) is 27.7 Å². The van der Waals surface area contributed by atoms with E-state index in [-0.39, 0.29) is 17.1 Å². The lowest BCUT2D eigenvalue weighted by Crippen LogP contribution is -2.02. The fourth-order valence-electron chi connectivity index (χ4n) is 1.24. The van der Waals surface area contributed by atoms with Gasteiger partial charge < -0.3 is 14.6 Å². The van der Waals surface area contributed by atoms with E-state index in [9.17, 15) is 9.90 Å². The number of methoxy groups -OCH3 is 2. The molecule has 0 unspecified atom stereocenters. The van der Waals surface area contributed by atoms with Gasteiger partial charge in [-0.25, -0.2) is 4.79 Å². The Balaban J connectivity index is 3.30. The maximum Gasteiger partial charge on any atom is 0.348 e. The molecule has 0 heterocycles. The summed E-state index contributed by atoms with van der Waals surface area (Å²) >= 11 is 3.22. The van der Waals surface area contributed by atoms with Crippen molar-refractivity contribution in [3.8, 4) is 17.6 Å². The molecule has 0 fully saturated rings. The van der Waals surface area contributed by atoms with Crippen molar-refractivity contribution in [2.75, 3.05) is 14.2 Å². The van der Waals surface area contributed by atoms with Crippen LogP contribution in [0.3, 0.4) is 0 Å². The van der Waals surface area contributed by atoms with Gasteiger partial charge in [0.25, 0.3) is 0 Å². The van der Waals surface area contributed by atoms with Gasteiger partial charge in [0.2, 0.25) is 0 Å². The molecular weight excluding hydrogens is 302 g/mol. The fraction of sp³-hybridized carbons (Fsp3) is 0.167. The average Bonchev–Trinajstić information content (AvgIpc) is 2.37. The zero-order valence-electron chi connectivity index (χ0n) is 9.73. The summed E-state index contributed by atoms with van der Waals surface area (Å²) in [6, 6.07) is 4.66. The second-order valence-electron chi connectivity index (χ2n) is 3.21. The second-order valence-corrected chi connectivity index (χ2v) is 4.06. The number of carbonyl (C=O) groups is 1. The highest BCUT2D eigenvalue weighted by Gasteiger charge is 2.12. The van der Waals surface area contributed by atoms with Crippen LogP contribution in [0.1, 0.15) is 5.56 Å². The Hall–Kier alpha value is -2.00. The first-order valence-corrected chi connectivity index (χ1v) is 5.59. The molecule has 0 radical (unpaired) electrons. The number of halogens is 1. The average molecular weight is 312 g/mol. The predicted molar refractivity (Wildman–Crippen MR) is 68.0 cm³/mol. The normalized spacial score (nSPS) is 10.7. The lowest BCUT2D eigenvalue weighted by Gasteiger charge is -2.06. The molecule has 0 aliphatic rings. The van der Waals surface area contributed by atoms with E-state index in [0.29, 0.717) is 10.0 Å². The van der Waals surface area contributed by atoms with Gasteiger partial charge in [-0.05, 0) is 23.8 Å². The summed E-state index contributed by atoms with van der Waals surface area (Å²) in [5.41, 5.74) is 0.373. The van der Waals surface area contributed by atoms with Crippen LogP contribution in [0.25, 0.3) is 6.08 Å². The quantitative estimate of drug-likeness (QED) is 0.526. The minimum atomic E-state index is -0.726. The summed E-state index contributed by atoms with van der Waals surface area (Å²) in [6.45, 7) is 0. The number of nitrogens with zero attached hydrogens (tertiary/aromatic N) is 1. The van der Waals surface area contributed by atoms with Crippen LogP contribution in [0.2, 0.25) is 0 Å². The number of ether oxygens (including phenoxy) is 2. The van der Waals surface area contributed by atoms with Crippen LogP contribution in [0.4, 0.5) is 0 Å². The molecule has 0 atom stereocenters. The summed E-state index contributed by atoms with van der Waals surface area (Å²) < 4.78 is 9.94. The number of rotatable bonds is 3. The van der Waals surface area contributed by atoms with Gasteiger partial charge in [0, 0.05) is 4.47 Å². The molecule has 0 aliphatic carbocycles. The van der Waals surface area contributed by atoms with E-state index in [0.717, 1.165) is 0 Å². The van der Waals surface area contributed by atoms with Crippen LogP contribution < -0.4 is 4.74 Å². The number of aromatic hydroxyl groups is 1. The predicted octanol–water partition coefficient (Wildman–Crippen LogP) is 2.24. The molecule has 1 N–H and O–H groups in total. The van der Waals surface area contributed by atoms with Crippen LogP contribution in [-0.4, -0.2) is 25.3 Å². The van der Waals surface area contributed by atoms with Crippen molar-refractivity contribution in [1.29, 1.82) is 5.26 Å². The number of hydrogen-bond acceptors (Lipinski definition) is 5. The first-order valence-electron chi connectivity index (χ1n) is 4.80. The summed E-state index contributed by atoms with van der Waals surface area (Å²) in [7, 11) is 2.60.